The molecule has 8 heteroatoms. The molecule has 150 valence electrons. The number of hydrogen-bond donors (Lipinski definition) is 2. The van der Waals surface area contributed by atoms with E-state index < -0.39 is 35.8 Å². The van der Waals surface area contributed by atoms with Crippen molar-refractivity contribution in [3.63, 3.8) is 0 Å². The fourth-order valence-electron chi connectivity index (χ4n) is 2.29. The van der Waals surface area contributed by atoms with Gasteiger partial charge in [-0.2, -0.15) is 0 Å². The third kappa shape index (κ3) is 8.19. The molecule has 0 heterocycles. The summed E-state index contributed by atoms with van der Waals surface area (Å²) in [7, 11) is 0. The predicted octanol–water partition coefficient (Wildman–Crippen LogP) is 1.56. The average molecular weight is 379 g/mol. The first-order chi connectivity index (χ1) is 12.5. The van der Waals surface area contributed by atoms with Gasteiger partial charge in [0, 0.05) is 13.3 Å². The van der Waals surface area contributed by atoms with Crippen LogP contribution in [-0.4, -0.2) is 47.3 Å². The molecule has 4 N–H and O–H groups in total. The third-order valence-electron chi connectivity index (χ3n) is 3.49. The van der Waals surface area contributed by atoms with Crippen LogP contribution in [0.1, 0.15) is 39.7 Å². The van der Waals surface area contributed by atoms with E-state index in [1.165, 1.54) is 6.92 Å². The van der Waals surface area contributed by atoms with Crippen LogP contribution < -0.4 is 11.5 Å². The molecule has 0 radical (unpaired) electrons. The fourth-order valence-corrected chi connectivity index (χ4v) is 2.29. The van der Waals surface area contributed by atoms with Gasteiger partial charge in [-0.25, -0.2) is 9.69 Å². The topological polar surface area (TPSA) is 125 Å². The number of nitrogens with zero attached hydrogens (tertiary/aromatic N) is 1. The molecule has 0 bridgehead atoms. The van der Waals surface area contributed by atoms with Gasteiger partial charge in [-0.3, -0.25) is 9.59 Å². The number of carbonyl (C=O) groups is 3. The summed E-state index contributed by atoms with van der Waals surface area (Å²) in [6, 6.07) is 8.23. The molecule has 0 spiro atoms. The van der Waals surface area contributed by atoms with E-state index in [4.69, 9.17) is 20.9 Å². The number of carbonyl (C=O) groups excluding carboxylic acids is 3. The first kappa shape index (κ1) is 22.6. The first-order valence-electron chi connectivity index (χ1n) is 8.75. The highest BCUT2D eigenvalue weighted by atomic mass is 16.6. The Morgan fingerprint density at radius 2 is 1.70 bits per heavy atom. The summed E-state index contributed by atoms with van der Waals surface area (Å²) < 4.78 is 10.1. The van der Waals surface area contributed by atoms with Crippen LogP contribution in [-0.2, 0) is 25.5 Å². The van der Waals surface area contributed by atoms with Crippen molar-refractivity contribution in [3.05, 3.63) is 35.9 Å². The number of imide groups is 1. The maximum Gasteiger partial charge on any atom is 0.418 e. The zero-order valence-electron chi connectivity index (χ0n) is 16.3. The molecule has 8 nitrogen and oxygen atoms in total. The van der Waals surface area contributed by atoms with Crippen molar-refractivity contribution < 1.29 is 23.9 Å². The Bertz CT molecular complexity index is 642. The molecule has 2 atom stereocenters. The normalized spacial score (nSPS) is 13.4. The van der Waals surface area contributed by atoms with Gasteiger partial charge in [0.1, 0.15) is 5.60 Å². The van der Waals surface area contributed by atoms with Gasteiger partial charge in [-0.05, 0) is 32.8 Å². The van der Waals surface area contributed by atoms with Crippen molar-refractivity contribution in [3.8, 4) is 0 Å². The highest BCUT2D eigenvalue weighted by Crippen LogP contribution is 2.14. The van der Waals surface area contributed by atoms with E-state index in [2.05, 4.69) is 0 Å². The summed E-state index contributed by atoms with van der Waals surface area (Å²) in [5.74, 6) is -1.12. The number of esters is 1. The third-order valence-corrected chi connectivity index (χ3v) is 3.49. The van der Waals surface area contributed by atoms with Crippen LogP contribution in [0.4, 0.5) is 4.79 Å². The van der Waals surface area contributed by atoms with Gasteiger partial charge in [-0.1, -0.05) is 30.3 Å². The zero-order valence-corrected chi connectivity index (χ0v) is 16.3. The minimum Gasteiger partial charge on any atom is -0.466 e. The average Bonchev–Trinajstić information content (AvgIpc) is 2.53. The largest absolute Gasteiger partial charge is 0.466 e. The summed E-state index contributed by atoms with van der Waals surface area (Å²) in [6.07, 6.45) is -1.60. The number of amides is 2. The summed E-state index contributed by atoms with van der Waals surface area (Å²) in [5.41, 5.74) is 12.1. The van der Waals surface area contributed by atoms with Crippen LogP contribution >= 0.6 is 0 Å². The second kappa shape index (κ2) is 10.0. The second-order valence-electron chi connectivity index (χ2n) is 7.18. The van der Waals surface area contributed by atoms with Crippen LogP contribution in [0.15, 0.2) is 30.3 Å². The molecular formula is C19H29N3O5. The SMILES string of the molecule is CC(=O)OCC[C@H](N)N(C(=O)OC(C)(C)C)C(=O)[C@@H](N)Cc1ccccc1. The summed E-state index contributed by atoms with van der Waals surface area (Å²) in [6.45, 7) is 6.28. The Balaban J connectivity index is 2.91. The van der Waals surface area contributed by atoms with E-state index >= 15 is 0 Å². The summed E-state index contributed by atoms with van der Waals surface area (Å²) >= 11 is 0. The Morgan fingerprint density at radius 3 is 2.22 bits per heavy atom. The van der Waals surface area contributed by atoms with Gasteiger partial charge in [0.2, 0.25) is 5.91 Å². The molecular weight excluding hydrogens is 350 g/mol. The van der Waals surface area contributed by atoms with Crippen molar-refractivity contribution in [1.82, 2.24) is 4.90 Å². The Kier molecular flexibility index (Phi) is 8.39. The van der Waals surface area contributed by atoms with Crippen molar-refractivity contribution in [2.75, 3.05) is 6.61 Å². The van der Waals surface area contributed by atoms with E-state index in [0.717, 1.165) is 10.5 Å². The van der Waals surface area contributed by atoms with Crippen molar-refractivity contribution in [2.24, 2.45) is 11.5 Å². The van der Waals surface area contributed by atoms with Gasteiger partial charge in [0.25, 0.3) is 0 Å². The molecule has 0 aliphatic heterocycles. The van der Waals surface area contributed by atoms with Gasteiger partial charge < -0.3 is 20.9 Å². The summed E-state index contributed by atoms with van der Waals surface area (Å²) in [4.78, 5) is 37.1. The number of nitrogens with two attached hydrogens (primary N) is 2. The van der Waals surface area contributed by atoms with Gasteiger partial charge in [0.05, 0.1) is 18.8 Å². The molecule has 1 aromatic carbocycles. The van der Waals surface area contributed by atoms with Crippen molar-refractivity contribution >= 4 is 18.0 Å². The number of ether oxygens (including phenoxy) is 2. The van der Waals surface area contributed by atoms with Crippen LogP contribution in [0, 0.1) is 0 Å². The Morgan fingerprint density at radius 1 is 1.11 bits per heavy atom. The molecule has 27 heavy (non-hydrogen) atoms. The molecule has 0 saturated heterocycles. The van der Waals surface area contributed by atoms with Gasteiger partial charge in [0.15, 0.2) is 0 Å². The van der Waals surface area contributed by atoms with Crippen molar-refractivity contribution in [2.45, 2.75) is 58.3 Å². The zero-order chi connectivity index (χ0) is 20.6. The molecule has 0 aliphatic carbocycles. The molecule has 0 aliphatic rings. The maximum atomic E-state index is 12.8. The first-order valence-corrected chi connectivity index (χ1v) is 8.75. The molecule has 0 aromatic heterocycles. The minimum atomic E-state index is -1.03. The van der Waals surface area contributed by atoms with Gasteiger partial charge in [-0.15, -0.1) is 0 Å². The number of hydrogen-bond acceptors (Lipinski definition) is 7. The molecule has 0 fully saturated rings. The van der Waals surface area contributed by atoms with Crippen LogP contribution in [0.25, 0.3) is 0 Å². The fraction of sp³-hybridized carbons (Fsp3) is 0.526. The Labute approximate surface area is 159 Å². The lowest BCUT2D eigenvalue weighted by Gasteiger charge is -2.31. The molecule has 0 unspecified atom stereocenters. The van der Waals surface area contributed by atoms with Crippen molar-refractivity contribution in [1.29, 1.82) is 0 Å². The molecule has 2 amide bonds. The van der Waals surface area contributed by atoms with E-state index in [-0.39, 0.29) is 19.4 Å². The highest BCUT2D eigenvalue weighted by molar-refractivity contribution is 5.95. The smallest absolute Gasteiger partial charge is 0.418 e. The van der Waals surface area contributed by atoms with E-state index in [1.54, 1.807) is 20.8 Å². The Hall–Kier alpha value is -2.45. The quantitative estimate of drug-likeness (QED) is 0.544. The van der Waals surface area contributed by atoms with Crippen LogP contribution in [0.3, 0.4) is 0 Å². The van der Waals surface area contributed by atoms with Gasteiger partial charge >= 0.3 is 12.1 Å². The van der Waals surface area contributed by atoms with E-state index in [0.29, 0.717) is 0 Å². The second-order valence-corrected chi connectivity index (χ2v) is 7.18. The number of benzene rings is 1. The highest BCUT2D eigenvalue weighted by Gasteiger charge is 2.34. The van der Waals surface area contributed by atoms with E-state index in [9.17, 15) is 14.4 Å². The lowest BCUT2D eigenvalue weighted by Crippen LogP contribution is -2.56. The lowest BCUT2D eigenvalue weighted by atomic mass is 10.1. The molecule has 1 rings (SSSR count). The maximum absolute atomic E-state index is 12.8. The lowest BCUT2D eigenvalue weighted by molar-refractivity contribution is -0.141. The standard InChI is InChI=1S/C19H29N3O5/c1-13(23)26-11-10-16(21)22(18(25)27-19(2,3)4)17(24)15(20)12-14-8-6-5-7-9-14/h5-9,15-16H,10-12,20-21H2,1-4H3/t15-,16+/m0/s1. The monoisotopic (exact) mass is 379 g/mol. The van der Waals surface area contributed by atoms with E-state index in [1.807, 2.05) is 30.3 Å². The van der Waals surface area contributed by atoms with Crippen LogP contribution in [0.5, 0.6) is 0 Å². The number of rotatable bonds is 7. The minimum absolute atomic E-state index is 0.0308. The molecule has 0 saturated carbocycles. The summed E-state index contributed by atoms with van der Waals surface area (Å²) in [5, 5.41) is 0. The van der Waals surface area contributed by atoms with Crippen LogP contribution in [0.2, 0.25) is 0 Å². The predicted molar refractivity (Wildman–Crippen MR) is 100 cm³/mol. The molecule has 1 aromatic rings.